The van der Waals surface area contributed by atoms with Crippen molar-refractivity contribution in [2.45, 2.75) is 20.3 Å². The van der Waals surface area contributed by atoms with Gasteiger partial charge in [0.15, 0.2) is 0 Å². The van der Waals surface area contributed by atoms with Gasteiger partial charge in [0, 0.05) is 18.8 Å². The smallest absolute Gasteiger partial charge is 0.119 e. The third-order valence-corrected chi connectivity index (χ3v) is 2.82. The summed E-state index contributed by atoms with van der Waals surface area (Å²) in [6, 6.07) is 8.11. The van der Waals surface area contributed by atoms with Gasteiger partial charge in [-0.25, -0.2) is 4.98 Å². The Morgan fingerprint density at radius 1 is 1.22 bits per heavy atom. The van der Waals surface area contributed by atoms with Crippen molar-refractivity contribution in [2.24, 2.45) is 13.0 Å². The lowest BCUT2D eigenvalue weighted by molar-refractivity contribution is 0.289. The van der Waals surface area contributed by atoms with E-state index in [4.69, 9.17) is 4.74 Å². The van der Waals surface area contributed by atoms with E-state index >= 15 is 0 Å². The fraction of sp³-hybridized carbons (Fsp3) is 0.400. The Bertz CT molecular complexity index is 485. The predicted octanol–water partition coefficient (Wildman–Crippen LogP) is 3.51. The topological polar surface area (TPSA) is 27.1 Å². The molecule has 2 aromatic rings. The summed E-state index contributed by atoms with van der Waals surface area (Å²) in [6.45, 7) is 5.18. The molecule has 3 heteroatoms. The maximum atomic E-state index is 5.69. The SMILES string of the molecule is CC(C)CCOc1ccc(-c2cn(C)cn2)cc1. The minimum absolute atomic E-state index is 0.679. The summed E-state index contributed by atoms with van der Waals surface area (Å²) in [4.78, 5) is 4.32. The van der Waals surface area contributed by atoms with E-state index in [0.717, 1.165) is 30.0 Å². The second-order valence-corrected chi connectivity index (χ2v) is 4.98. The monoisotopic (exact) mass is 244 g/mol. The Hall–Kier alpha value is -1.77. The van der Waals surface area contributed by atoms with Gasteiger partial charge in [-0.1, -0.05) is 13.8 Å². The van der Waals surface area contributed by atoms with Gasteiger partial charge in [-0.05, 0) is 36.6 Å². The molecule has 0 aliphatic rings. The van der Waals surface area contributed by atoms with E-state index in [-0.39, 0.29) is 0 Å². The van der Waals surface area contributed by atoms with E-state index in [9.17, 15) is 0 Å². The van der Waals surface area contributed by atoms with Gasteiger partial charge >= 0.3 is 0 Å². The molecule has 1 aromatic carbocycles. The van der Waals surface area contributed by atoms with Crippen LogP contribution in [0.3, 0.4) is 0 Å². The van der Waals surface area contributed by atoms with E-state index in [1.54, 1.807) is 0 Å². The molecule has 0 N–H and O–H groups in total. The molecule has 0 radical (unpaired) electrons. The quantitative estimate of drug-likeness (QED) is 0.804. The second kappa shape index (κ2) is 5.71. The van der Waals surface area contributed by atoms with Gasteiger partial charge < -0.3 is 9.30 Å². The maximum absolute atomic E-state index is 5.69. The first kappa shape index (κ1) is 12.7. The van der Waals surface area contributed by atoms with Crippen molar-refractivity contribution < 1.29 is 4.74 Å². The van der Waals surface area contributed by atoms with Crippen LogP contribution in [0.4, 0.5) is 0 Å². The molecule has 0 aliphatic heterocycles. The highest BCUT2D eigenvalue weighted by Crippen LogP contribution is 2.20. The van der Waals surface area contributed by atoms with Crippen LogP contribution in [0.25, 0.3) is 11.3 Å². The zero-order chi connectivity index (χ0) is 13.0. The first-order valence-electron chi connectivity index (χ1n) is 6.36. The number of aryl methyl sites for hydroxylation is 1. The first-order valence-corrected chi connectivity index (χ1v) is 6.36. The van der Waals surface area contributed by atoms with Crippen LogP contribution in [0, 0.1) is 5.92 Å². The number of imidazole rings is 1. The molecule has 0 fully saturated rings. The van der Waals surface area contributed by atoms with Crippen LogP contribution >= 0.6 is 0 Å². The zero-order valence-corrected chi connectivity index (χ0v) is 11.3. The molecule has 0 atom stereocenters. The van der Waals surface area contributed by atoms with Crippen LogP contribution < -0.4 is 4.74 Å². The number of hydrogen-bond acceptors (Lipinski definition) is 2. The fourth-order valence-electron chi connectivity index (χ4n) is 1.70. The molecule has 0 aliphatic carbocycles. The summed E-state index contributed by atoms with van der Waals surface area (Å²) in [5.41, 5.74) is 2.11. The van der Waals surface area contributed by atoms with Crippen molar-refractivity contribution in [3.8, 4) is 17.0 Å². The summed E-state index contributed by atoms with van der Waals surface area (Å²) >= 11 is 0. The zero-order valence-electron chi connectivity index (χ0n) is 11.3. The molecule has 0 saturated heterocycles. The van der Waals surface area contributed by atoms with Gasteiger partial charge in [-0.15, -0.1) is 0 Å². The number of hydrogen-bond donors (Lipinski definition) is 0. The number of benzene rings is 1. The van der Waals surface area contributed by atoms with Crippen LogP contribution in [-0.4, -0.2) is 16.2 Å². The van der Waals surface area contributed by atoms with Crippen molar-refractivity contribution in [1.82, 2.24) is 9.55 Å². The highest BCUT2D eigenvalue weighted by molar-refractivity contribution is 5.59. The second-order valence-electron chi connectivity index (χ2n) is 4.98. The highest BCUT2D eigenvalue weighted by Gasteiger charge is 2.01. The van der Waals surface area contributed by atoms with E-state index in [2.05, 4.69) is 18.8 Å². The van der Waals surface area contributed by atoms with Gasteiger partial charge in [-0.3, -0.25) is 0 Å². The van der Waals surface area contributed by atoms with Crippen molar-refractivity contribution in [3.63, 3.8) is 0 Å². The lowest BCUT2D eigenvalue weighted by atomic mass is 10.1. The first-order chi connectivity index (χ1) is 8.65. The Morgan fingerprint density at radius 3 is 2.50 bits per heavy atom. The highest BCUT2D eigenvalue weighted by atomic mass is 16.5. The van der Waals surface area contributed by atoms with Gasteiger partial charge in [-0.2, -0.15) is 0 Å². The molecule has 0 spiro atoms. The van der Waals surface area contributed by atoms with E-state index in [1.165, 1.54) is 0 Å². The van der Waals surface area contributed by atoms with Crippen molar-refractivity contribution in [3.05, 3.63) is 36.8 Å². The largest absolute Gasteiger partial charge is 0.494 e. The van der Waals surface area contributed by atoms with Crippen LogP contribution in [0.1, 0.15) is 20.3 Å². The summed E-state index contributed by atoms with van der Waals surface area (Å²) < 4.78 is 7.63. The summed E-state index contributed by atoms with van der Waals surface area (Å²) in [5, 5.41) is 0. The Morgan fingerprint density at radius 2 is 1.94 bits per heavy atom. The van der Waals surface area contributed by atoms with Gasteiger partial charge in [0.25, 0.3) is 0 Å². The molecule has 0 bridgehead atoms. The van der Waals surface area contributed by atoms with E-state index in [0.29, 0.717) is 5.92 Å². The summed E-state index contributed by atoms with van der Waals surface area (Å²) in [7, 11) is 1.97. The molecule has 1 aromatic heterocycles. The van der Waals surface area contributed by atoms with Crippen molar-refractivity contribution in [2.75, 3.05) is 6.61 Å². The van der Waals surface area contributed by atoms with Crippen LogP contribution in [0.15, 0.2) is 36.8 Å². The van der Waals surface area contributed by atoms with E-state index < -0.39 is 0 Å². The molecule has 0 saturated carbocycles. The van der Waals surface area contributed by atoms with Crippen molar-refractivity contribution in [1.29, 1.82) is 0 Å². The molecular formula is C15H20N2O. The average molecular weight is 244 g/mol. The number of ether oxygens (including phenoxy) is 1. The molecule has 0 unspecified atom stereocenters. The molecule has 0 amide bonds. The molecule has 2 rings (SSSR count). The third-order valence-electron chi connectivity index (χ3n) is 2.82. The number of aromatic nitrogens is 2. The minimum Gasteiger partial charge on any atom is -0.494 e. The Balaban J connectivity index is 1.97. The Kier molecular flexibility index (Phi) is 4.03. The minimum atomic E-state index is 0.679. The van der Waals surface area contributed by atoms with Crippen molar-refractivity contribution >= 4 is 0 Å². The standard InChI is InChI=1S/C15H20N2O/c1-12(2)8-9-18-14-6-4-13(5-7-14)15-10-17(3)11-16-15/h4-7,10-12H,8-9H2,1-3H3. The Labute approximate surface area is 108 Å². The van der Waals surface area contributed by atoms with Crippen LogP contribution in [0.5, 0.6) is 5.75 Å². The normalized spacial score (nSPS) is 10.9. The lowest BCUT2D eigenvalue weighted by Gasteiger charge is -2.08. The molecule has 1 heterocycles. The van der Waals surface area contributed by atoms with Crippen LogP contribution in [0.2, 0.25) is 0 Å². The summed E-state index contributed by atoms with van der Waals surface area (Å²) in [6.07, 6.45) is 4.90. The predicted molar refractivity (Wildman–Crippen MR) is 73.6 cm³/mol. The molecular weight excluding hydrogens is 224 g/mol. The molecule has 96 valence electrons. The average Bonchev–Trinajstić information content (AvgIpc) is 2.76. The van der Waals surface area contributed by atoms with Crippen LogP contribution in [-0.2, 0) is 7.05 Å². The fourth-order valence-corrected chi connectivity index (χ4v) is 1.70. The number of rotatable bonds is 5. The van der Waals surface area contributed by atoms with Gasteiger partial charge in [0.1, 0.15) is 5.75 Å². The lowest BCUT2D eigenvalue weighted by Crippen LogP contribution is -2.01. The maximum Gasteiger partial charge on any atom is 0.119 e. The number of nitrogens with zero attached hydrogens (tertiary/aromatic N) is 2. The summed E-state index contributed by atoms with van der Waals surface area (Å²) in [5.74, 6) is 1.60. The third kappa shape index (κ3) is 3.36. The van der Waals surface area contributed by atoms with Gasteiger partial charge in [0.2, 0.25) is 0 Å². The molecule has 18 heavy (non-hydrogen) atoms. The van der Waals surface area contributed by atoms with E-state index in [1.807, 2.05) is 48.4 Å². The molecule has 3 nitrogen and oxygen atoms in total. The van der Waals surface area contributed by atoms with Gasteiger partial charge in [0.05, 0.1) is 18.6 Å².